The van der Waals surface area contributed by atoms with Crippen LogP contribution in [0.1, 0.15) is 51.9 Å². The minimum atomic E-state index is 0.0660. The molecule has 0 atom stereocenters. The van der Waals surface area contributed by atoms with Crippen molar-refractivity contribution < 1.29 is 9.84 Å². The Hall–Kier alpha value is -0.0800. The molecule has 0 bridgehead atoms. The van der Waals surface area contributed by atoms with E-state index >= 15 is 0 Å². The molecule has 0 aliphatic rings. The molecule has 0 saturated carbocycles. The molecule has 0 fully saturated rings. The molecule has 0 N–H and O–H groups in total. The summed E-state index contributed by atoms with van der Waals surface area (Å²) in [6, 6.07) is 0. The fraction of sp³-hybridized carbons (Fsp3) is 1.00. The van der Waals surface area contributed by atoms with E-state index < -0.39 is 0 Å². The second-order valence-electron chi connectivity index (χ2n) is 3.44. The van der Waals surface area contributed by atoms with Crippen molar-refractivity contribution in [3.63, 3.8) is 0 Å². The van der Waals surface area contributed by atoms with Crippen molar-refractivity contribution in [2.24, 2.45) is 0 Å². The molecule has 0 aromatic heterocycles. The molecule has 0 spiro atoms. The smallest absolute Gasteiger partial charge is 0.0822 e. The molecule has 0 aromatic rings. The average Bonchev–Trinajstić information content (AvgIpc) is 2.16. The standard InChI is InChI=1S/C11H23O2/c1-2-3-4-7-10-13-11-8-5-6-9-12/h2-11H2,1H3. The molecule has 1 radical (unpaired) electrons. The highest BCUT2D eigenvalue weighted by Gasteiger charge is 1.90. The molecule has 0 heterocycles. The summed E-state index contributed by atoms with van der Waals surface area (Å²) >= 11 is 0. The predicted octanol–water partition coefficient (Wildman–Crippen LogP) is 3.18. The highest BCUT2D eigenvalue weighted by atomic mass is 16.5. The summed E-state index contributed by atoms with van der Waals surface area (Å²) in [6.07, 6.45) is 7.96. The first-order valence-corrected chi connectivity index (χ1v) is 5.57. The molecule has 0 saturated heterocycles. The van der Waals surface area contributed by atoms with Crippen LogP contribution in [0, 0.1) is 0 Å². The largest absolute Gasteiger partial charge is 0.381 e. The van der Waals surface area contributed by atoms with Crippen molar-refractivity contribution in [2.75, 3.05) is 19.8 Å². The Balaban J connectivity index is 2.76. The Labute approximate surface area is 82.3 Å². The third kappa shape index (κ3) is 11.9. The van der Waals surface area contributed by atoms with E-state index in [0.29, 0.717) is 0 Å². The molecule has 0 aromatic carbocycles. The zero-order chi connectivity index (χ0) is 9.78. The van der Waals surface area contributed by atoms with Crippen LogP contribution < -0.4 is 0 Å². The van der Waals surface area contributed by atoms with E-state index in [1.165, 1.54) is 25.7 Å². The normalized spacial score (nSPS) is 10.6. The molecule has 13 heavy (non-hydrogen) atoms. The highest BCUT2D eigenvalue weighted by molar-refractivity contribution is 4.41. The Morgan fingerprint density at radius 3 is 2.00 bits per heavy atom. The summed E-state index contributed by atoms with van der Waals surface area (Å²) in [5.41, 5.74) is 0. The quantitative estimate of drug-likeness (QED) is 0.483. The van der Waals surface area contributed by atoms with Crippen LogP contribution in [-0.4, -0.2) is 19.8 Å². The Morgan fingerprint density at radius 1 is 0.846 bits per heavy atom. The van der Waals surface area contributed by atoms with Crippen molar-refractivity contribution in [3.8, 4) is 0 Å². The number of hydrogen-bond acceptors (Lipinski definition) is 1. The molecule has 2 heteroatoms. The van der Waals surface area contributed by atoms with E-state index in [2.05, 4.69) is 6.92 Å². The van der Waals surface area contributed by atoms with Gasteiger partial charge in [-0.2, -0.15) is 0 Å². The molecular formula is C11H23O2. The second-order valence-corrected chi connectivity index (χ2v) is 3.44. The molecule has 0 aliphatic heterocycles. The zero-order valence-corrected chi connectivity index (χ0v) is 8.89. The molecule has 0 aliphatic carbocycles. The first-order chi connectivity index (χ1) is 6.41. The van der Waals surface area contributed by atoms with Gasteiger partial charge in [-0.15, -0.1) is 0 Å². The summed E-state index contributed by atoms with van der Waals surface area (Å²) in [5, 5.41) is 10.1. The number of hydrogen-bond donors (Lipinski definition) is 0. The van der Waals surface area contributed by atoms with Crippen molar-refractivity contribution in [1.29, 1.82) is 0 Å². The van der Waals surface area contributed by atoms with Crippen LogP contribution >= 0.6 is 0 Å². The van der Waals surface area contributed by atoms with Gasteiger partial charge in [0.15, 0.2) is 0 Å². The molecule has 0 rings (SSSR count). The summed E-state index contributed by atoms with van der Waals surface area (Å²) in [7, 11) is 0. The lowest BCUT2D eigenvalue weighted by Crippen LogP contribution is -1.97. The van der Waals surface area contributed by atoms with Crippen molar-refractivity contribution in [1.82, 2.24) is 0 Å². The fourth-order valence-electron chi connectivity index (χ4n) is 1.22. The third-order valence-electron chi connectivity index (χ3n) is 2.08. The van der Waals surface area contributed by atoms with Gasteiger partial charge in [0.1, 0.15) is 0 Å². The predicted molar refractivity (Wildman–Crippen MR) is 54.4 cm³/mol. The maximum absolute atomic E-state index is 10.1. The van der Waals surface area contributed by atoms with E-state index in [9.17, 15) is 5.11 Å². The van der Waals surface area contributed by atoms with Crippen LogP contribution in [0.25, 0.3) is 0 Å². The minimum Gasteiger partial charge on any atom is -0.381 e. The van der Waals surface area contributed by atoms with Gasteiger partial charge in [0, 0.05) is 13.2 Å². The summed E-state index contributed by atoms with van der Waals surface area (Å²) < 4.78 is 5.42. The SMILES string of the molecule is CCCCCCOCCCCC[O]. The average molecular weight is 187 g/mol. The van der Waals surface area contributed by atoms with Gasteiger partial charge < -0.3 is 4.74 Å². The first-order valence-electron chi connectivity index (χ1n) is 5.57. The third-order valence-corrected chi connectivity index (χ3v) is 2.08. The van der Waals surface area contributed by atoms with Crippen LogP contribution in [0.4, 0.5) is 0 Å². The molecule has 0 amide bonds. The van der Waals surface area contributed by atoms with Crippen LogP contribution in [0.2, 0.25) is 0 Å². The van der Waals surface area contributed by atoms with E-state index in [1.54, 1.807) is 0 Å². The van der Waals surface area contributed by atoms with Crippen LogP contribution in [-0.2, 0) is 9.84 Å². The number of ether oxygens (including phenoxy) is 1. The van der Waals surface area contributed by atoms with Gasteiger partial charge in [-0.3, -0.25) is 0 Å². The highest BCUT2D eigenvalue weighted by Crippen LogP contribution is 2.00. The number of rotatable bonds is 10. The Morgan fingerprint density at radius 2 is 1.46 bits per heavy atom. The van der Waals surface area contributed by atoms with Crippen LogP contribution in [0.15, 0.2) is 0 Å². The van der Waals surface area contributed by atoms with Crippen LogP contribution in [0.3, 0.4) is 0 Å². The van der Waals surface area contributed by atoms with E-state index in [1.807, 2.05) is 0 Å². The molecule has 2 nitrogen and oxygen atoms in total. The fourth-order valence-corrected chi connectivity index (χ4v) is 1.22. The minimum absolute atomic E-state index is 0.0660. The second kappa shape index (κ2) is 11.9. The van der Waals surface area contributed by atoms with Gasteiger partial charge in [0.05, 0.1) is 6.61 Å². The lowest BCUT2D eigenvalue weighted by atomic mass is 10.2. The number of unbranched alkanes of at least 4 members (excludes halogenated alkanes) is 5. The lowest BCUT2D eigenvalue weighted by molar-refractivity contribution is 0.121. The van der Waals surface area contributed by atoms with E-state index in [4.69, 9.17) is 4.74 Å². The Bertz CT molecular complexity index is 74.2. The van der Waals surface area contributed by atoms with Gasteiger partial charge in [-0.1, -0.05) is 26.2 Å². The van der Waals surface area contributed by atoms with Crippen LogP contribution in [0.5, 0.6) is 0 Å². The topological polar surface area (TPSA) is 29.1 Å². The van der Waals surface area contributed by atoms with Gasteiger partial charge in [0.2, 0.25) is 0 Å². The van der Waals surface area contributed by atoms with Crippen molar-refractivity contribution in [2.45, 2.75) is 51.9 Å². The van der Waals surface area contributed by atoms with Crippen molar-refractivity contribution in [3.05, 3.63) is 0 Å². The van der Waals surface area contributed by atoms with Gasteiger partial charge in [-0.05, 0) is 25.7 Å². The van der Waals surface area contributed by atoms with Crippen molar-refractivity contribution >= 4 is 0 Å². The maximum Gasteiger partial charge on any atom is 0.0822 e. The monoisotopic (exact) mass is 187 g/mol. The van der Waals surface area contributed by atoms with Gasteiger partial charge in [0.25, 0.3) is 0 Å². The molecular weight excluding hydrogens is 164 g/mol. The zero-order valence-electron chi connectivity index (χ0n) is 8.89. The summed E-state index contributed by atoms with van der Waals surface area (Å²) in [5.74, 6) is 0. The van der Waals surface area contributed by atoms with Gasteiger partial charge in [-0.25, -0.2) is 5.11 Å². The Kier molecular flexibility index (Phi) is 11.8. The molecule has 0 unspecified atom stereocenters. The first kappa shape index (κ1) is 12.9. The maximum atomic E-state index is 10.1. The van der Waals surface area contributed by atoms with Gasteiger partial charge >= 0.3 is 0 Å². The summed E-state index contributed by atoms with van der Waals surface area (Å²) in [6.45, 7) is 4.02. The molecule has 79 valence electrons. The van der Waals surface area contributed by atoms with E-state index in [-0.39, 0.29) is 6.61 Å². The van der Waals surface area contributed by atoms with E-state index in [0.717, 1.165) is 32.5 Å². The summed E-state index contributed by atoms with van der Waals surface area (Å²) in [4.78, 5) is 0. The lowest BCUT2D eigenvalue weighted by Gasteiger charge is -2.02.